The summed E-state index contributed by atoms with van der Waals surface area (Å²) in [6, 6.07) is 0. The van der Waals surface area contributed by atoms with Gasteiger partial charge in [-0.05, 0) is 13.8 Å². The van der Waals surface area contributed by atoms with Gasteiger partial charge >= 0.3 is 5.97 Å². The van der Waals surface area contributed by atoms with Gasteiger partial charge in [-0.15, -0.1) is 0 Å². The van der Waals surface area contributed by atoms with Crippen LogP contribution in [0, 0.1) is 13.8 Å². The van der Waals surface area contributed by atoms with Crippen molar-refractivity contribution in [1.29, 1.82) is 0 Å². The lowest BCUT2D eigenvalue weighted by Gasteiger charge is -2.00. The highest BCUT2D eigenvalue weighted by atomic mass is 16.4. The number of carboxylic acids is 1. The third-order valence-corrected chi connectivity index (χ3v) is 2.21. The summed E-state index contributed by atoms with van der Waals surface area (Å²) in [4.78, 5) is 18.7. The van der Waals surface area contributed by atoms with Gasteiger partial charge in [0, 0.05) is 11.9 Å². The molecule has 0 aliphatic heterocycles. The molecule has 0 saturated carbocycles. The highest BCUT2D eigenvalue weighted by molar-refractivity contribution is 5.86. The Bertz CT molecular complexity index is 516. The van der Waals surface area contributed by atoms with E-state index >= 15 is 0 Å². The average Bonchev–Trinajstić information content (AvgIpc) is 2.56. The molecule has 0 unspecified atom stereocenters. The summed E-state index contributed by atoms with van der Waals surface area (Å²) in [7, 11) is 0. The second-order valence-electron chi connectivity index (χ2n) is 3.09. The average molecular weight is 191 g/mol. The molecule has 2 aromatic rings. The molecule has 0 spiro atoms. The highest BCUT2D eigenvalue weighted by Gasteiger charge is 2.10. The molecule has 72 valence electrons. The fraction of sp³-hybridized carbons (Fsp3) is 0.222. The summed E-state index contributed by atoms with van der Waals surface area (Å²) >= 11 is 0. The van der Waals surface area contributed by atoms with E-state index in [0.717, 1.165) is 11.4 Å². The molecule has 0 aromatic carbocycles. The number of fused-ring (bicyclic) bond motifs is 1. The van der Waals surface area contributed by atoms with Crippen LogP contribution in [0.5, 0.6) is 0 Å². The molecule has 2 aromatic heterocycles. The smallest absolute Gasteiger partial charge is 0.356 e. The first-order chi connectivity index (χ1) is 6.59. The fourth-order valence-electron chi connectivity index (χ4n) is 1.28. The van der Waals surface area contributed by atoms with Gasteiger partial charge in [0.15, 0.2) is 11.3 Å². The Morgan fingerprint density at radius 3 is 2.86 bits per heavy atom. The van der Waals surface area contributed by atoms with Gasteiger partial charge in [0.05, 0.1) is 11.9 Å². The van der Waals surface area contributed by atoms with Crippen LogP contribution < -0.4 is 0 Å². The number of hydrogen-bond acceptors (Lipinski definition) is 3. The molecule has 0 saturated heterocycles. The first-order valence-electron chi connectivity index (χ1n) is 4.14. The molecule has 14 heavy (non-hydrogen) atoms. The van der Waals surface area contributed by atoms with E-state index in [-0.39, 0.29) is 5.69 Å². The standard InChI is InChI=1S/C9H9N3O2/c1-5-6(2)12-4-7(9(13)14)11-8(12)3-10-5/h3-4H,1-2H3,(H,13,14). The number of carbonyl (C=O) groups is 1. The van der Waals surface area contributed by atoms with Crippen LogP contribution in [0.2, 0.25) is 0 Å². The fourth-order valence-corrected chi connectivity index (χ4v) is 1.28. The van der Waals surface area contributed by atoms with Gasteiger partial charge in [0.2, 0.25) is 0 Å². The minimum absolute atomic E-state index is 0.0421. The molecule has 2 heterocycles. The maximum Gasteiger partial charge on any atom is 0.356 e. The van der Waals surface area contributed by atoms with Gasteiger partial charge in [-0.2, -0.15) is 0 Å². The molecule has 0 fully saturated rings. The van der Waals surface area contributed by atoms with Crippen LogP contribution in [0.1, 0.15) is 21.9 Å². The number of imidazole rings is 1. The molecule has 0 aliphatic carbocycles. The summed E-state index contributed by atoms with van der Waals surface area (Å²) in [5.74, 6) is -1.02. The Kier molecular flexibility index (Phi) is 1.73. The Hall–Kier alpha value is -1.91. The maximum absolute atomic E-state index is 10.7. The Morgan fingerprint density at radius 1 is 1.50 bits per heavy atom. The van der Waals surface area contributed by atoms with Crippen molar-refractivity contribution in [2.45, 2.75) is 13.8 Å². The van der Waals surface area contributed by atoms with Crippen LogP contribution in [0.15, 0.2) is 12.4 Å². The number of aromatic nitrogens is 3. The lowest BCUT2D eigenvalue weighted by Crippen LogP contribution is -1.96. The van der Waals surface area contributed by atoms with Crippen LogP contribution in [-0.4, -0.2) is 25.4 Å². The van der Waals surface area contributed by atoms with Crippen molar-refractivity contribution < 1.29 is 9.90 Å². The molecule has 2 rings (SSSR count). The zero-order valence-electron chi connectivity index (χ0n) is 7.85. The Labute approximate surface area is 80.0 Å². The minimum Gasteiger partial charge on any atom is -0.476 e. The molecule has 1 N–H and O–H groups in total. The van der Waals surface area contributed by atoms with Crippen molar-refractivity contribution in [2.75, 3.05) is 0 Å². The van der Waals surface area contributed by atoms with Gasteiger partial charge in [0.1, 0.15) is 0 Å². The van der Waals surface area contributed by atoms with Crippen LogP contribution in [0.3, 0.4) is 0 Å². The number of aromatic carboxylic acids is 1. The third kappa shape index (κ3) is 1.14. The second kappa shape index (κ2) is 2.80. The molecule has 5 nitrogen and oxygen atoms in total. The van der Waals surface area contributed by atoms with Crippen molar-refractivity contribution in [1.82, 2.24) is 14.4 Å². The van der Waals surface area contributed by atoms with E-state index in [0.29, 0.717) is 5.65 Å². The number of rotatable bonds is 1. The van der Waals surface area contributed by atoms with E-state index in [2.05, 4.69) is 9.97 Å². The van der Waals surface area contributed by atoms with Gasteiger partial charge in [-0.3, -0.25) is 4.98 Å². The van der Waals surface area contributed by atoms with E-state index in [4.69, 9.17) is 5.11 Å². The molecule has 5 heteroatoms. The molecular weight excluding hydrogens is 182 g/mol. The molecular formula is C9H9N3O2. The van der Waals surface area contributed by atoms with E-state index in [1.807, 2.05) is 13.8 Å². The number of carboxylic acid groups (broad SMARTS) is 1. The van der Waals surface area contributed by atoms with E-state index in [9.17, 15) is 4.79 Å². The monoisotopic (exact) mass is 191 g/mol. The molecule has 0 radical (unpaired) electrons. The zero-order valence-corrected chi connectivity index (χ0v) is 7.85. The lowest BCUT2D eigenvalue weighted by molar-refractivity contribution is 0.0691. The predicted molar refractivity (Wildman–Crippen MR) is 49.4 cm³/mol. The summed E-state index contributed by atoms with van der Waals surface area (Å²) in [6.45, 7) is 3.75. The Morgan fingerprint density at radius 2 is 2.21 bits per heavy atom. The molecule has 0 aliphatic rings. The molecule has 0 amide bonds. The highest BCUT2D eigenvalue weighted by Crippen LogP contribution is 2.09. The van der Waals surface area contributed by atoms with Crippen LogP contribution >= 0.6 is 0 Å². The number of nitrogens with zero attached hydrogens (tertiary/aromatic N) is 3. The predicted octanol–water partition coefficient (Wildman–Crippen LogP) is 1.04. The minimum atomic E-state index is -1.02. The number of aryl methyl sites for hydroxylation is 2. The second-order valence-corrected chi connectivity index (χ2v) is 3.09. The van der Waals surface area contributed by atoms with Crippen molar-refractivity contribution in [2.24, 2.45) is 0 Å². The first kappa shape index (κ1) is 8.68. The number of hydrogen-bond donors (Lipinski definition) is 1. The van der Waals surface area contributed by atoms with Crippen molar-refractivity contribution in [3.63, 3.8) is 0 Å². The van der Waals surface area contributed by atoms with Crippen molar-refractivity contribution >= 4 is 11.6 Å². The van der Waals surface area contributed by atoms with Crippen LogP contribution in [-0.2, 0) is 0 Å². The van der Waals surface area contributed by atoms with Gasteiger partial charge in [-0.1, -0.05) is 0 Å². The van der Waals surface area contributed by atoms with Crippen LogP contribution in [0.25, 0.3) is 5.65 Å². The van der Waals surface area contributed by atoms with Crippen LogP contribution in [0.4, 0.5) is 0 Å². The van der Waals surface area contributed by atoms with E-state index in [1.54, 1.807) is 10.6 Å². The summed E-state index contributed by atoms with van der Waals surface area (Å²) in [5, 5.41) is 8.75. The van der Waals surface area contributed by atoms with Crippen molar-refractivity contribution in [3.8, 4) is 0 Å². The normalized spacial score (nSPS) is 10.7. The quantitative estimate of drug-likeness (QED) is 0.731. The SMILES string of the molecule is Cc1ncc2nc(C(=O)O)cn2c1C. The van der Waals surface area contributed by atoms with Gasteiger partial charge < -0.3 is 9.51 Å². The topological polar surface area (TPSA) is 67.5 Å². The van der Waals surface area contributed by atoms with Gasteiger partial charge in [0.25, 0.3) is 0 Å². The van der Waals surface area contributed by atoms with Gasteiger partial charge in [-0.25, -0.2) is 9.78 Å². The van der Waals surface area contributed by atoms with E-state index in [1.165, 1.54) is 6.20 Å². The van der Waals surface area contributed by atoms with E-state index < -0.39 is 5.97 Å². The zero-order chi connectivity index (χ0) is 10.3. The first-order valence-corrected chi connectivity index (χ1v) is 4.14. The molecule has 0 bridgehead atoms. The van der Waals surface area contributed by atoms with Crippen molar-refractivity contribution in [3.05, 3.63) is 29.5 Å². The summed E-state index contributed by atoms with van der Waals surface area (Å²) in [5.41, 5.74) is 2.38. The lowest BCUT2D eigenvalue weighted by atomic mass is 10.3. The Balaban J connectivity index is 2.77. The summed E-state index contributed by atoms with van der Waals surface area (Å²) < 4.78 is 1.73. The molecule has 0 atom stereocenters. The third-order valence-electron chi connectivity index (χ3n) is 2.21. The summed E-state index contributed by atoms with van der Waals surface area (Å²) in [6.07, 6.45) is 3.07. The maximum atomic E-state index is 10.7. The largest absolute Gasteiger partial charge is 0.476 e.